The van der Waals surface area contributed by atoms with Gasteiger partial charge in [0.1, 0.15) is 29.4 Å². The Labute approximate surface area is 138 Å². The Balaban J connectivity index is 0.00000264. The maximum absolute atomic E-state index is 13.7. The van der Waals surface area contributed by atoms with Gasteiger partial charge in [-0.15, -0.1) is 12.4 Å². The summed E-state index contributed by atoms with van der Waals surface area (Å²) < 4.78 is 32.2. The van der Waals surface area contributed by atoms with Crippen LogP contribution in [0.3, 0.4) is 0 Å². The minimum atomic E-state index is -0.906. The van der Waals surface area contributed by atoms with E-state index in [0.29, 0.717) is 0 Å². The minimum absolute atomic E-state index is 0. The number of halogens is 3. The highest BCUT2D eigenvalue weighted by Crippen LogP contribution is 2.27. The number of nitrogens with two attached hydrogens (primary N) is 1. The summed E-state index contributed by atoms with van der Waals surface area (Å²) in [7, 11) is 1.40. The van der Waals surface area contributed by atoms with Crippen molar-refractivity contribution in [3.63, 3.8) is 0 Å². The first-order valence-electron chi connectivity index (χ1n) is 6.76. The van der Waals surface area contributed by atoms with Gasteiger partial charge in [-0.3, -0.25) is 9.59 Å². The van der Waals surface area contributed by atoms with Crippen molar-refractivity contribution in [1.29, 1.82) is 0 Å². The quantitative estimate of drug-likeness (QED) is 0.814. The average Bonchev–Trinajstić information content (AvgIpc) is 2.81. The molecule has 1 aromatic rings. The van der Waals surface area contributed by atoms with Crippen molar-refractivity contribution in [2.24, 2.45) is 5.73 Å². The summed E-state index contributed by atoms with van der Waals surface area (Å²) in [6, 6.07) is 1.61. The third kappa shape index (κ3) is 4.15. The van der Waals surface area contributed by atoms with Crippen LogP contribution < -0.4 is 16.0 Å². The summed E-state index contributed by atoms with van der Waals surface area (Å²) in [5.74, 6) is -2.76. The number of hydrogen-bond acceptors (Lipinski definition) is 4. The zero-order valence-electron chi connectivity index (χ0n) is 12.4. The van der Waals surface area contributed by atoms with Gasteiger partial charge in [0, 0.05) is 13.7 Å². The normalized spacial score (nSPS) is 18.5. The van der Waals surface area contributed by atoms with Gasteiger partial charge in [-0.1, -0.05) is 6.07 Å². The Hall–Kier alpha value is -1.77. The average molecular weight is 350 g/mol. The van der Waals surface area contributed by atoms with Crippen molar-refractivity contribution in [3.05, 3.63) is 29.8 Å². The molecular weight excluding hydrogens is 332 g/mol. The van der Waals surface area contributed by atoms with Crippen LogP contribution in [-0.4, -0.2) is 44.2 Å². The number of anilines is 1. The predicted octanol–water partition coefficient (Wildman–Crippen LogP) is 0.582. The van der Waals surface area contributed by atoms with Crippen LogP contribution in [0.25, 0.3) is 0 Å². The fourth-order valence-electron chi connectivity index (χ4n) is 2.32. The van der Waals surface area contributed by atoms with Gasteiger partial charge in [0.05, 0.1) is 6.61 Å². The van der Waals surface area contributed by atoms with Gasteiger partial charge in [-0.2, -0.15) is 0 Å². The first-order valence-corrected chi connectivity index (χ1v) is 6.76. The molecule has 6 nitrogen and oxygen atoms in total. The van der Waals surface area contributed by atoms with Gasteiger partial charge in [0.2, 0.25) is 11.8 Å². The number of carbonyl (C=O) groups is 2. The number of methoxy groups -OCH3 is 1. The largest absolute Gasteiger partial charge is 0.383 e. The zero-order valence-corrected chi connectivity index (χ0v) is 13.2. The molecule has 128 valence electrons. The van der Waals surface area contributed by atoms with Crippen LogP contribution >= 0.6 is 12.4 Å². The molecule has 0 aliphatic carbocycles. The molecule has 0 radical (unpaired) electrons. The SMILES string of the molecule is COCC(N)C(=O)NC1CCN(c2c(F)cccc2F)C1=O.Cl. The number of amides is 2. The Morgan fingerprint density at radius 2 is 2.09 bits per heavy atom. The lowest BCUT2D eigenvalue weighted by atomic mass is 10.2. The van der Waals surface area contributed by atoms with Crippen molar-refractivity contribution >= 4 is 29.9 Å². The number of carbonyl (C=O) groups excluding carboxylic acids is 2. The number of hydrogen-bond donors (Lipinski definition) is 2. The van der Waals surface area contributed by atoms with E-state index < -0.39 is 41.2 Å². The lowest BCUT2D eigenvalue weighted by molar-refractivity contribution is -0.128. The Kier molecular flexibility index (Phi) is 6.86. The Bertz CT molecular complexity index is 568. The lowest BCUT2D eigenvalue weighted by Crippen LogP contribution is -2.50. The number of para-hydroxylation sites is 1. The van der Waals surface area contributed by atoms with E-state index in [0.717, 1.165) is 17.0 Å². The van der Waals surface area contributed by atoms with Crippen molar-refractivity contribution < 1.29 is 23.1 Å². The van der Waals surface area contributed by atoms with E-state index in [1.54, 1.807) is 0 Å². The van der Waals surface area contributed by atoms with E-state index in [1.165, 1.54) is 13.2 Å². The van der Waals surface area contributed by atoms with Crippen LogP contribution in [0.1, 0.15) is 6.42 Å². The van der Waals surface area contributed by atoms with Crippen LogP contribution in [0.5, 0.6) is 0 Å². The zero-order chi connectivity index (χ0) is 16.3. The van der Waals surface area contributed by atoms with E-state index in [-0.39, 0.29) is 32.0 Å². The van der Waals surface area contributed by atoms with Gasteiger partial charge in [-0.05, 0) is 18.6 Å². The van der Waals surface area contributed by atoms with E-state index in [9.17, 15) is 18.4 Å². The van der Waals surface area contributed by atoms with Crippen LogP contribution in [-0.2, 0) is 14.3 Å². The van der Waals surface area contributed by atoms with E-state index in [2.05, 4.69) is 5.32 Å². The van der Waals surface area contributed by atoms with Gasteiger partial charge in [-0.25, -0.2) is 8.78 Å². The van der Waals surface area contributed by atoms with Crippen molar-refractivity contribution in [1.82, 2.24) is 5.32 Å². The number of benzene rings is 1. The molecule has 1 fully saturated rings. The monoisotopic (exact) mass is 349 g/mol. The Morgan fingerprint density at radius 3 is 2.65 bits per heavy atom. The van der Waals surface area contributed by atoms with Gasteiger partial charge >= 0.3 is 0 Å². The number of nitrogens with zero attached hydrogens (tertiary/aromatic N) is 1. The summed E-state index contributed by atoms with van der Waals surface area (Å²) in [4.78, 5) is 25.0. The van der Waals surface area contributed by atoms with Crippen molar-refractivity contribution in [2.75, 3.05) is 25.2 Å². The molecule has 3 N–H and O–H groups in total. The third-order valence-electron chi connectivity index (χ3n) is 3.41. The summed E-state index contributed by atoms with van der Waals surface area (Å²) >= 11 is 0. The van der Waals surface area contributed by atoms with Crippen molar-refractivity contribution in [3.8, 4) is 0 Å². The summed E-state index contributed by atoms with van der Waals surface area (Å²) in [5, 5.41) is 2.47. The molecule has 2 atom stereocenters. The topological polar surface area (TPSA) is 84.7 Å². The maximum atomic E-state index is 13.7. The summed E-state index contributed by atoms with van der Waals surface area (Å²) in [5.41, 5.74) is 5.17. The molecule has 2 amide bonds. The highest BCUT2D eigenvalue weighted by atomic mass is 35.5. The van der Waals surface area contributed by atoms with Crippen LogP contribution in [0, 0.1) is 11.6 Å². The number of rotatable bonds is 5. The second kappa shape index (κ2) is 8.19. The van der Waals surface area contributed by atoms with Crippen LogP contribution in [0.15, 0.2) is 18.2 Å². The molecule has 0 saturated carbocycles. The molecule has 1 heterocycles. The standard InChI is InChI=1S/C14H17F2N3O3.ClH/c1-22-7-10(17)13(20)18-11-5-6-19(14(11)21)12-8(15)3-2-4-9(12)16;/h2-4,10-11H,5-7,17H2,1H3,(H,18,20);1H. The number of nitrogens with one attached hydrogen (secondary N) is 1. The molecule has 1 aliphatic heterocycles. The smallest absolute Gasteiger partial charge is 0.249 e. The fourth-order valence-corrected chi connectivity index (χ4v) is 2.32. The molecule has 0 spiro atoms. The molecule has 23 heavy (non-hydrogen) atoms. The van der Waals surface area contributed by atoms with Crippen LogP contribution in [0.2, 0.25) is 0 Å². The fraction of sp³-hybridized carbons (Fsp3) is 0.429. The molecule has 0 bridgehead atoms. The second-order valence-electron chi connectivity index (χ2n) is 4.97. The summed E-state index contributed by atoms with van der Waals surface area (Å²) in [6.07, 6.45) is 0.248. The van der Waals surface area contributed by atoms with E-state index in [1.807, 2.05) is 0 Å². The lowest BCUT2D eigenvalue weighted by Gasteiger charge is -2.19. The molecule has 1 aliphatic rings. The van der Waals surface area contributed by atoms with Gasteiger partial charge in [0.25, 0.3) is 0 Å². The first kappa shape index (κ1) is 19.3. The second-order valence-corrected chi connectivity index (χ2v) is 4.97. The highest BCUT2D eigenvalue weighted by Gasteiger charge is 2.36. The predicted molar refractivity (Wildman–Crippen MR) is 82.4 cm³/mol. The van der Waals surface area contributed by atoms with Crippen LogP contribution in [0.4, 0.5) is 14.5 Å². The molecule has 1 saturated heterocycles. The molecule has 2 rings (SSSR count). The van der Waals surface area contributed by atoms with Gasteiger partial charge in [0.15, 0.2) is 0 Å². The molecule has 1 aromatic carbocycles. The minimum Gasteiger partial charge on any atom is -0.383 e. The third-order valence-corrected chi connectivity index (χ3v) is 3.41. The van der Waals surface area contributed by atoms with E-state index >= 15 is 0 Å². The first-order chi connectivity index (χ1) is 10.5. The molecule has 0 aromatic heterocycles. The Morgan fingerprint density at radius 1 is 1.48 bits per heavy atom. The molecule has 9 heteroatoms. The van der Waals surface area contributed by atoms with Crippen molar-refractivity contribution in [2.45, 2.75) is 18.5 Å². The van der Waals surface area contributed by atoms with E-state index in [4.69, 9.17) is 10.5 Å². The van der Waals surface area contributed by atoms with Gasteiger partial charge < -0.3 is 20.7 Å². The summed E-state index contributed by atoms with van der Waals surface area (Å²) in [6.45, 7) is 0.125. The molecular formula is C14H18ClF2N3O3. The number of ether oxygens (including phenoxy) is 1. The highest BCUT2D eigenvalue weighted by molar-refractivity contribution is 6.01. The maximum Gasteiger partial charge on any atom is 0.249 e. The molecule has 2 unspecified atom stereocenters.